The molecule has 7 nitrogen and oxygen atoms in total. The Morgan fingerprint density at radius 2 is 1.71 bits per heavy atom. The van der Waals surface area contributed by atoms with E-state index in [2.05, 4.69) is 76.2 Å². The average Bonchev–Trinajstić information content (AvgIpc) is 3.23. The molecule has 0 amide bonds. The van der Waals surface area contributed by atoms with Gasteiger partial charge >= 0.3 is 0 Å². The predicted molar refractivity (Wildman–Crippen MR) is 142 cm³/mol. The molecule has 2 fully saturated rings. The molecule has 192 valence electrons. The Balaban J connectivity index is 1.24. The van der Waals surface area contributed by atoms with E-state index in [0.717, 1.165) is 76.7 Å². The van der Waals surface area contributed by atoms with E-state index in [1.165, 1.54) is 11.3 Å². The van der Waals surface area contributed by atoms with E-state index >= 15 is 0 Å². The highest BCUT2D eigenvalue weighted by molar-refractivity contribution is 5.46. The van der Waals surface area contributed by atoms with Crippen LogP contribution < -0.4 is 14.4 Å². The minimum absolute atomic E-state index is 0.644. The van der Waals surface area contributed by atoms with Crippen LogP contribution in [0.25, 0.3) is 0 Å². The number of anilines is 1. The predicted octanol–water partition coefficient (Wildman–Crippen LogP) is 2.78. The molecule has 2 saturated heterocycles. The zero-order valence-electron chi connectivity index (χ0n) is 21.7. The van der Waals surface area contributed by atoms with Gasteiger partial charge in [0.15, 0.2) is 11.5 Å². The van der Waals surface area contributed by atoms with Crippen molar-refractivity contribution in [1.29, 1.82) is 0 Å². The summed E-state index contributed by atoms with van der Waals surface area (Å²) in [7, 11) is 5.83. The topological polar surface area (TPSA) is 51.7 Å². The van der Waals surface area contributed by atoms with Crippen LogP contribution >= 0.6 is 0 Å². The van der Waals surface area contributed by atoms with E-state index in [0.29, 0.717) is 13.2 Å². The van der Waals surface area contributed by atoms with Gasteiger partial charge < -0.3 is 24.4 Å². The lowest BCUT2D eigenvalue weighted by molar-refractivity contribution is 0.00978. The van der Waals surface area contributed by atoms with Crippen LogP contribution in [0.2, 0.25) is 0 Å². The van der Waals surface area contributed by atoms with Gasteiger partial charge in [-0.05, 0) is 56.8 Å². The minimum Gasteiger partial charge on any atom is -0.493 e. The fourth-order valence-electron chi connectivity index (χ4n) is 5.17. The largest absolute Gasteiger partial charge is 0.493 e. The second-order valence-electron chi connectivity index (χ2n) is 10.3. The first-order chi connectivity index (χ1) is 16.9. The van der Waals surface area contributed by atoms with E-state index in [-0.39, 0.29) is 0 Å². The van der Waals surface area contributed by atoms with Crippen LogP contribution in [0.3, 0.4) is 0 Å². The van der Waals surface area contributed by atoms with Gasteiger partial charge in [0.1, 0.15) is 0 Å². The summed E-state index contributed by atoms with van der Waals surface area (Å²) in [6.45, 7) is 8.84. The molecule has 2 aromatic carbocycles. The van der Waals surface area contributed by atoms with Gasteiger partial charge in [0, 0.05) is 64.6 Å². The molecule has 35 heavy (non-hydrogen) atoms. The zero-order valence-corrected chi connectivity index (χ0v) is 21.7. The number of ether oxygens (including phenoxy) is 2. The molecule has 7 heteroatoms. The molecular formula is C28H42N4O3. The summed E-state index contributed by atoms with van der Waals surface area (Å²) in [5.41, 5.74) is 1.83. The first kappa shape index (κ1) is 25.8. The van der Waals surface area contributed by atoms with Crippen LogP contribution in [-0.2, 0) is 6.54 Å². The highest BCUT2D eigenvalue weighted by Gasteiger charge is 2.38. The molecule has 0 aliphatic carbocycles. The van der Waals surface area contributed by atoms with E-state index in [9.17, 15) is 5.11 Å². The summed E-state index contributed by atoms with van der Waals surface area (Å²) >= 11 is 0. The summed E-state index contributed by atoms with van der Waals surface area (Å²) in [4.78, 5) is 9.37. The van der Waals surface area contributed by atoms with Crippen molar-refractivity contribution >= 4 is 5.69 Å². The lowest BCUT2D eigenvalue weighted by atomic mass is 10.0. The second-order valence-corrected chi connectivity index (χ2v) is 10.3. The molecule has 0 bridgehead atoms. The van der Waals surface area contributed by atoms with Gasteiger partial charge in [0.2, 0.25) is 0 Å². The number of nitrogens with zero attached hydrogens (tertiary/aromatic N) is 4. The monoisotopic (exact) mass is 482 g/mol. The zero-order chi connectivity index (χ0) is 24.7. The second kappa shape index (κ2) is 12.1. The third-order valence-corrected chi connectivity index (χ3v) is 7.06. The minimum atomic E-state index is -0.644. The summed E-state index contributed by atoms with van der Waals surface area (Å²) in [5.74, 6) is 1.57. The van der Waals surface area contributed by atoms with Gasteiger partial charge in [-0.1, -0.05) is 24.3 Å². The van der Waals surface area contributed by atoms with E-state index in [1.54, 1.807) is 7.11 Å². The smallest absolute Gasteiger partial charge is 0.161 e. The fourth-order valence-corrected chi connectivity index (χ4v) is 5.17. The maximum atomic E-state index is 11.3. The molecule has 2 heterocycles. The van der Waals surface area contributed by atoms with E-state index in [4.69, 9.17) is 9.47 Å². The average molecular weight is 483 g/mol. The van der Waals surface area contributed by atoms with Crippen LogP contribution in [-0.4, -0.2) is 106 Å². The Kier molecular flexibility index (Phi) is 8.89. The normalized spacial score (nSPS) is 21.6. The maximum absolute atomic E-state index is 11.3. The molecule has 4 rings (SSSR count). The molecule has 0 unspecified atom stereocenters. The standard InChI is InChI=1S/C28H42N4O3/c1-29(2)13-7-19-35-26-11-10-24(20-27(26)34-3)21-31-14-12-28(33,23-31)22-30-15-17-32(18-16-30)25-8-5-4-6-9-25/h4-6,8-11,20,33H,7,12-19,21-23H2,1-3H3/t28-/m1/s1. The van der Waals surface area contributed by atoms with Crippen molar-refractivity contribution < 1.29 is 14.6 Å². The Morgan fingerprint density at radius 1 is 0.943 bits per heavy atom. The lowest BCUT2D eigenvalue weighted by Gasteiger charge is -2.39. The van der Waals surface area contributed by atoms with Crippen LogP contribution in [0.1, 0.15) is 18.4 Å². The van der Waals surface area contributed by atoms with Crippen LogP contribution in [0.15, 0.2) is 48.5 Å². The van der Waals surface area contributed by atoms with Crippen molar-refractivity contribution in [3.63, 3.8) is 0 Å². The van der Waals surface area contributed by atoms with Gasteiger partial charge in [-0.15, -0.1) is 0 Å². The number of hydrogen-bond donors (Lipinski definition) is 1. The maximum Gasteiger partial charge on any atom is 0.161 e. The van der Waals surface area contributed by atoms with Crippen molar-refractivity contribution in [2.75, 3.05) is 85.1 Å². The van der Waals surface area contributed by atoms with Gasteiger partial charge in [-0.2, -0.15) is 0 Å². The SMILES string of the molecule is COc1cc(CN2CC[C@@](O)(CN3CCN(c4ccccc4)CC3)C2)ccc1OCCCN(C)C. The fraction of sp³-hybridized carbons (Fsp3) is 0.571. The summed E-state index contributed by atoms with van der Waals surface area (Å²) in [5, 5.41) is 11.3. The Morgan fingerprint density at radius 3 is 2.43 bits per heavy atom. The van der Waals surface area contributed by atoms with Crippen LogP contribution in [0.4, 0.5) is 5.69 Å². The number of aliphatic hydroxyl groups is 1. The number of benzene rings is 2. The number of likely N-dealkylation sites (tertiary alicyclic amines) is 1. The Bertz CT molecular complexity index is 918. The molecule has 2 aliphatic heterocycles. The molecule has 1 N–H and O–H groups in total. The third kappa shape index (κ3) is 7.34. The molecule has 0 spiro atoms. The van der Waals surface area contributed by atoms with Crippen molar-refractivity contribution in [1.82, 2.24) is 14.7 Å². The lowest BCUT2D eigenvalue weighted by Crippen LogP contribution is -2.52. The van der Waals surface area contributed by atoms with Gasteiger partial charge in [-0.3, -0.25) is 9.80 Å². The van der Waals surface area contributed by atoms with Gasteiger partial charge in [0.25, 0.3) is 0 Å². The Hall–Kier alpha value is -2.32. The number of rotatable bonds is 11. The number of methoxy groups -OCH3 is 1. The van der Waals surface area contributed by atoms with Crippen LogP contribution in [0, 0.1) is 0 Å². The van der Waals surface area contributed by atoms with E-state index in [1.807, 2.05) is 6.07 Å². The highest BCUT2D eigenvalue weighted by atomic mass is 16.5. The molecule has 1 atom stereocenters. The van der Waals surface area contributed by atoms with Crippen LogP contribution in [0.5, 0.6) is 11.5 Å². The number of para-hydroxylation sites is 1. The first-order valence-corrected chi connectivity index (χ1v) is 12.9. The third-order valence-electron chi connectivity index (χ3n) is 7.06. The number of β-amino-alcohol motifs (C(OH)–C–C–N with tert-alkyl or cyclic N) is 1. The summed E-state index contributed by atoms with van der Waals surface area (Å²) < 4.78 is 11.5. The number of hydrogen-bond acceptors (Lipinski definition) is 7. The molecule has 0 saturated carbocycles. The summed E-state index contributed by atoms with van der Waals surface area (Å²) in [6, 6.07) is 16.8. The van der Waals surface area contributed by atoms with E-state index < -0.39 is 5.60 Å². The van der Waals surface area contributed by atoms with Gasteiger partial charge in [-0.25, -0.2) is 0 Å². The Labute approximate surface area is 210 Å². The van der Waals surface area contributed by atoms with Gasteiger partial charge in [0.05, 0.1) is 19.3 Å². The molecule has 0 aromatic heterocycles. The highest BCUT2D eigenvalue weighted by Crippen LogP contribution is 2.30. The first-order valence-electron chi connectivity index (χ1n) is 12.9. The van der Waals surface area contributed by atoms with Crippen molar-refractivity contribution in [2.24, 2.45) is 0 Å². The number of piperazine rings is 1. The molecule has 0 radical (unpaired) electrons. The molecule has 2 aliphatic rings. The molecule has 2 aromatic rings. The van der Waals surface area contributed by atoms with Crippen molar-refractivity contribution in [3.05, 3.63) is 54.1 Å². The quantitative estimate of drug-likeness (QED) is 0.494. The van der Waals surface area contributed by atoms with Crippen molar-refractivity contribution in [2.45, 2.75) is 25.0 Å². The molecular weight excluding hydrogens is 440 g/mol. The van der Waals surface area contributed by atoms with Crippen molar-refractivity contribution in [3.8, 4) is 11.5 Å². The summed E-state index contributed by atoms with van der Waals surface area (Å²) in [6.07, 6.45) is 1.79.